The number of nitrogens with two attached hydrogens (primary N) is 2. The third-order valence-electron chi connectivity index (χ3n) is 3.33. The van der Waals surface area contributed by atoms with Gasteiger partial charge in [-0.25, -0.2) is 4.98 Å². The van der Waals surface area contributed by atoms with Gasteiger partial charge >= 0.3 is 0 Å². The van der Waals surface area contributed by atoms with Gasteiger partial charge in [0.15, 0.2) is 0 Å². The zero-order valence-electron chi connectivity index (χ0n) is 12.6. The van der Waals surface area contributed by atoms with Crippen LogP contribution in [0.1, 0.15) is 0 Å². The zero-order valence-corrected chi connectivity index (χ0v) is 13.5. The van der Waals surface area contributed by atoms with Gasteiger partial charge in [-0.2, -0.15) is 0 Å². The van der Waals surface area contributed by atoms with E-state index >= 15 is 0 Å². The number of aromatic nitrogens is 1. The van der Waals surface area contributed by atoms with Crippen LogP contribution in [0.3, 0.4) is 0 Å². The topological polar surface area (TPSA) is 83.4 Å². The predicted octanol–water partition coefficient (Wildman–Crippen LogP) is 2.06. The molecular formula is C17H19CuN3O2. The Morgan fingerprint density at radius 1 is 0.870 bits per heavy atom. The van der Waals surface area contributed by atoms with E-state index in [0.717, 1.165) is 33.3 Å². The van der Waals surface area contributed by atoms with E-state index in [0.29, 0.717) is 26.3 Å². The minimum absolute atomic E-state index is 0. The maximum absolute atomic E-state index is 5.67. The number of hydrogen-bond acceptors (Lipinski definition) is 5. The molecule has 0 atom stereocenters. The predicted molar refractivity (Wildman–Crippen MR) is 88.3 cm³/mol. The van der Waals surface area contributed by atoms with Crippen molar-refractivity contribution in [3.63, 3.8) is 0 Å². The summed E-state index contributed by atoms with van der Waals surface area (Å²) in [6.45, 7) is 1.95. The normalized spacial score (nSPS) is 10.5. The van der Waals surface area contributed by atoms with Crippen LogP contribution in [0.15, 0.2) is 42.5 Å². The molecule has 1 heterocycles. The number of rotatable bonds is 6. The van der Waals surface area contributed by atoms with Crippen LogP contribution in [0.2, 0.25) is 0 Å². The molecule has 6 heteroatoms. The van der Waals surface area contributed by atoms with Crippen LogP contribution in [-0.2, 0) is 17.1 Å². The summed E-state index contributed by atoms with van der Waals surface area (Å²) in [5, 5.41) is 2.05. The Labute approximate surface area is 145 Å². The number of nitrogens with zero attached hydrogens (tertiary/aromatic N) is 1. The van der Waals surface area contributed by atoms with Crippen molar-refractivity contribution in [2.24, 2.45) is 11.5 Å². The zero-order chi connectivity index (χ0) is 15.4. The number of para-hydroxylation sites is 1. The molecule has 1 aromatic heterocycles. The summed E-state index contributed by atoms with van der Waals surface area (Å²) in [7, 11) is 0. The third kappa shape index (κ3) is 3.92. The van der Waals surface area contributed by atoms with Crippen molar-refractivity contribution in [2.45, 2.75) is 0 Å². The van der Waals surface area contributed by atoms with E-state index in [2.05, 4.69) is 6.07 Å². The second-order valence-electron chi connectivity index (χ2n) is 4.95. The molecule has 3 aromatic rings. The number of hydrogen-bond donors (Lipinski definition) is 2. The first-order chi connectivity index (χ1) is 10.8. The fraction of sp³-hybridized carbons (Fsp3) is 0.235. The van der Waals surface area contributed by atoms with E-state index in [4.69, 9.17) is 25.9 Å². The van der Waals surface area contributed by atoms with Crippen molar-refractivity contribution in [1.29, 1.82) is 0 Å². The average molecular weight is 361 g/mol. The van der Waals surface area contributed by atoms with Gasteiger partial charge in [0.1, 0.15) is 30.2 Å². The summed E-state index contributed by atoms with van der Waals surface area (Å²) in [6.07, 6.45) is 0. The van der Waals surface area contributed by atoms with Gasteiger partial charge < -0.3 is 20.9 Å². The van der Waals surface area contributed by atoms with Crippen LogP contribution in [0.5, 0.6) is 11.5 Å². The average Bonchev–Trinajstić information content (AvgIpc) is 2.56. The molecule has 125 valence electrons. The molecule has 0 bridgehead atoms. The molecule has 0 aliphatic rings. The van der Waals surface area contributed by atoms with E-state index < -0.39 is 0 Å². The molecule has 2 aromatic carbocycles. The Kier molecular flexibility index (Phi) is 6.19. The summed E-state index contributed by atoms with van der Waals surface area (Å²) < 4.78 is 11.2. The Hall–Kier alpha value is -1.85. The Morgan fingerprint density at radius 3 is 2.43 bits per heavy atom. The molecule has 4 N–H and O–H groups in total. The van der Waals surface area contributed by atoms with E-state index in [1.54, 1.807) is 0 Å². The Balaban J connectivity index is 0.00000192. The number of pyridine rings is 1. The molecule has 0 saturated heterocycles. The van der Waals surface area contributed by atoms with Crippen LogP contribution in [0, 0.1) is 0 Å². The maximum atomic E-state index is 5.67. The Morgan fingerprint density at radius 2 is 1.65 bits per heavy atom. The number of ether oxygens (including phenoxy) is 2. The molecule has 1 radical (unpaired) electrons. The van der Waals surface area contributed by atoms with Crippen molar-refractivity contribution >= 4 is 21.8 Å². The first-order valence-electron chi connectivity index (χ1n) is 7.31. The molecule has 0 amide bonds. The van der Waals surface area contributed by atoms with Gasteiger partial charge in [-0.3, -0.25) is 0 Å². The van der Waals surface area contributed by atoms with Crippen LogP contribution in [-0.4, -0.2) is 31.3 Å². The van der Waals surface area contributed by atoms with Gasteiger partial charge in [0.05, 0.1) is 5.52 Å². The first-order valence-corrected chi connectivity index (χ1v) is 7.31. The van der Waals surface area contributed by atoms with Crippen LogP contribution >= 0.6 is 0 Å². The van der Waals surface area contributed by atoms with Crippen LogP contribution in [0.25, 0.3) is 21.8 Å². The minimum atomic E-state index is 0. The second-order valence-corrected chi connectivity index (χ2v) is 4.95. The first kappa shape index (κ1) is 17.5. The molecule has 23 heavy (non-hydrogen) atoms. The van der Waals surface area contributed by atoms with Gasteiger partial charge in [0.2, 0.25) is 0 Å². The maximum Gasteiger partial charge on any atom is 0.145 e. The molecule has 0 spiro atoms. The molecule has 3 rings (SSSR count). The van der Waals surface area contributed by atoms with Gasteiger partial charge in [0.25, 0.3) is 0 Å². The summed E-state index contributed by atoms with van der Waals surface area (Å²) in [6, 6.07) is 13.8. The number of fused-ring (bicyclic) bond motifs is 2. The van der Waals surface area contributed by atoms with E-state index in [1.807, 2.05) is 36.4 Å². The molecule has 0 aliphatic carbocycles. The van der Waals surface area contributed by atoms with Gasteiger partial charge in [-0.15, -0.1) is 0 Å². The molecule has 0 saturated carbocycles. The fourth-order valence-corrected chi connectivity index (χ4v) is 2.37. The summed E-state index contributed by atoms with van der Waals surface area (Å²) in [5.41, 5.74) is 12.7. The van der Waals surface area contributed by atoms with Crippen molar-refractivity contribution in [1.82, 2.24) is 4.98 Å². The van der Waals surface area contributed by atoms with Crippen molar-refractivity contribution in [2.75, 3.05) is 26.3 Å². The Bertz CT molecular complexity index is 794. The van der Waals surface area contributed by atoms with Crippen molar-refractivity contribution in [3.05, 3.63) is 42.5 Å². The van der Waals surface area contributed by atoms with Gasteiger partial charge in [-0.1, -0.05) is 12.1 Å². The van der Waals surface area contributed by atoms with Gasteiger partial charge in [0, 0.05) is 40.9 Å². The van der Waals surface area contributed by atoms with Crippen LogP contribution in [0.4, 0.5) is 0 Å². The quantitative estimate of drug-likeness (QED) is 0.519. The molecule has 0 fully saturated rings. The van der Waals surface area contributed by atoms with E-state index in [1.165, 1.54) is 0 Å². The van der Waals surface area contributed by atoms with Crippen LogP contribution < -0.4 is 20.9 Å². The number of benzene rings is 2. The van der Waals surface area contributed by atoms with E-state index in [9.17, 15) is 0 Å². The summed E-state index contributed by atoms with van der Waals surface area (Å²) >= 11 is 0. The third-order valence-corrected chi connectivity index (χ3v) is 3.33. The second kappa shape index (κ2) is 8.13. The largest absolute Gasteiger partial charge is 0.492 e. The summed E-state index contributed by atoms with van der Waals surface area (Å²) in [5.74, 6) is 1.56. The minimum Gasteiger partial charge on any atom is -0.492 e. The molecule has 5 nitrogen and oxygen atoms in total. The fourth-order valence-electron chi connectivity index (χ4n) is 2.37. The van der Waals surface area contributed by atoms with Crippen molar-refractivity contribution in [3.8, 4) is 11.5 Å². The van der Waals surface area contributed by atoms with E-state index in [-0.39, 0.29) is 17.1 Å². The van der Waals surface area contributed by atoms with Crippen molar-refractivity contribution < 1.29 is 26.5 Å². The monoisotopic (exact) mass is 360 g/mol. The molecule has 0 unspecified atom stereocenters. The summed E-state index contributed by atoms with van der Waals surface area (Å²) in [4.78, 5) is 4.71. The SMILES string of the molecule is NCCOc1ccc2nc3c(OCCN)cccc3cc2c1.[Cu]. The standard InChI is InChI=1S/C17H19N3O2.Cu/c18-6-8-21-14-4-5-15-13(11-14)10-12-2-1-3-16(17(12)20-15)22-9-7-19;/h1-5,10-11H,6-9,18-19H2;. The molecule has 0 aliphatic heterocycles. The van der Waals surface area contributed by atoms with Gasteiger partial charge in [-0.05, 0) is 30.3 Å². The smallest absolute Gasteiger partial charge is 0.145 e. The molecular weight excluding hydrogens is 342 g/mol.